The largest absolute Gasteiger partial charge is 0.496 e. The van der Waals surface area contributed by atoms with Crippen LogP contribution >= 0.6 is 23.2 Å². The molecular formula is C23H20Cl2N2O2. The average Bonchev–Trinajstić information content (AvgIpc) is 3.19. The third-order valence-electron chi connectivity index (χ3n) is 5.02. The Morgan fingerprint density at radius 2 is 1.55 bits per heavy atom. The zero-order chi connectivity index (χ0) is 20.4. The van der Waals surface area contributed by atoms with Crippen LogP contribution < -0.4 is 10.1 Å². The third kappa shape index (κ3) is 4.10. The summed E-state index contributed by atoms with van der Waals surface area (Å²) < 4.78 is 5.53. The standard InChI is InChI=1S/C23H20Cl2N2O2/c1-29-20-11-2-14(13-28)12-19(20)23-26-21(15-3-7-17(24)8-4-15)22(27-23)16-5-9-18(25)10-6-16/h2-12,21-22,28H,13H2,1H3,(H,26,27). The Bertz CT molecular complexity index is 1030. The second-order valence-corrected chi connectivity index (χ2v) is 7.71. The van der Waals surface area contributed by atoms with Crippen molar-refractivity contribution in [3.63, 3.8) is 0 Å². The van der Waals surface area contributed by atoms with Crippen molar-refractivity contribution in [3.8, 4) is 5.75 Å². The highest BCUT2D eigenvalue weighted by atomic mass is 35.5. The SMILES string of the molecule is COc1ccc(CO)cc1C1=NC(c2ccc(Cl)cc2)C(c2ccc(Cl)cc2)N1. The number of halogens is 2. The number of benzene rings is 3. The van der Waals surface area contributed by atoms with Crippen molar-refractivity contribution in [1.82, 2.24) is 5.32 Å². The number of nitrogens with zero attached hydrogens (tertiary/aromatic N) is 1. The van der Waals surface area contributed by atoms with E-state index in [0.29, 0.717) is 15.8 Å². The van der Waals surface area contributed by atoms with Crippen LogP contribution in [0.1, 0.15) is 34.3 Å². The van der Waals surface area contributed by atoms with Crippen LogP contribution in [0.5, 0.6) is 5.75 Å². The molecule has 0 saturated heterocycles. The zero-order valence-corrected chi connectivity index (χ0v) is 17.3. The van der Waals surface area contributed by atoms with Crippen LogP contribution in [-0.2, 0) is 6.61 Å². The molecule has 3 aromatic rings. The summed E-state index contributed by atoms with van der Waals surface area (Å²) in [5.41, 5.74) is 3.73. The average molecular weight is 427 g/mol. The van der Waals surface area contributed by atoms with Crippen LogP contribution in [0.4, 0.5) is 0 Å². The molecule has 1 aliphatic heterocycles. The molecule has 148 valence electrons. The highest BCUT2D eigenvalue weighted by molar-refractivity contribution is 6.30. The molecule has 4 nitrogen and oxygen atoms in total. The quantitative estimate of drug-likeness (QED) is 0.579. The van der Waals surface area contributed by atoms with Crippen molar-refractivity contribution >= 4 is 29.0 Å². The highest BCUT2D eigenvalue weighted by Crippen LogP contribution is 2.39. The molecule has 2 atom stereocenters. The molecule has 0 spiro atoms. The minimum Gasteiger partial charge on any atom is -0.496 e. The van der Waals surface area contributed by atoms with E-state index in [9.17, 15) is 5.11 Å². The van der Waals surface area contributed by atoms with Gasteiger partial charge in [0.05, 0.1) is 25.3 Å². The van der Waals surface area contributed by atoms with Crippen molar-refractivity contribution in [1.29, 1.82) is 0 Å². The van der Waals surface area contributed by atoms with Crippen LogP contribution in [0.3, 0.4) is 0 Å². The van der Waals surface area contributed by atoms with Gasteiger partial charge in [-0.05, 0) is 53.1 Å². The Kier molecular flexibility index (Phi) is 5.76. The predicted octanol–water partition coefficient (Wildman–Crippen LogP) is 5.33. The van der Waals surface area contributed by atoms with Gasteiger partial charge in [0.1, 0.15) is 17.6 Å². The van der Waals surface area contributed by atoms with E-state index in [1.807, 2.05) is 66.7 Å². The van der Waals surface area contributed by atoms with Crippen LogP contribution in [0, 0.1) is 0 Å². The fourth-order valence-corrected chi connectivity index (χ4v) is 3.78. The van der Waals surface area contributed by atoms with Gasteiger partial charge < -0.3 is 15.2 Å². The first kappa shape index (κ1) is 19.8. The molecule has 29 heavy (non-hydrogen) atoms. The smallest absolute Gasteiger partial charge is 0.133 e. The first-order valence-corrected chi connectivity index (χ1v) is 9.98. The van der Waals surface area contributed by atoms with Crippen molar-refractivity contribution in [2.75, 3.05) is 7.11 Å². The number of hydrogen-bond acceptors (Lipinski definition) is 4. The lowest BCUT2D eigenvalue weighted by Gasteiger charge is -2.20. The minimum absolute atomic E-state index is 0.0501. The second-order valence-electron chi connectivity index (χ2n) is 6.84. The number of nitrogens with one attached hydrogen (secondary N) is 1. The molecule has 3 aromatic carbocycles. The van der Waals surface area contributed by atoms with Gasteiger partial charge in [-0.2, -0.15) is 0 Å². The molecule has 1 aliphatic rings. The van der Waals surface area contributed by atoms with E-state index in [1.54, 1.807) is 7.11 Å². The number of aliphatic hydroxyl groups excluding tert-OH is 1. The molecule has 2 unspecified atom stereocenters. The van der Waals surface area contributed by atoms with Crippen molar-refractivity contribution in [2.45, 2.75) is 18.7 Å². The van der Waals surface area contributed by atoms with Crippen molar-refractivity contribution < 1.29 is 9.84 Å². The van der Waals surface area contributed by atoms with E-state index < -0.39 is 0 Å². The Hall–Kier alpha value is -2.53. The summed E-state index contributed by atoms with van der Waals surface area (Å²) >= 11 is 12.2. The van der Waals surface area contributed by atoms with E-state index in [0.717, 1.165) is 28.1 Å². The topological polar surface area (TPSA) is 53.9 Å². The molecule has 2 N–H and O–H groups in total. The Balaban J connectivity index is 1.79. The van der Waals surface area contributed by atoms with E-state index in [2.05, 4.69) is 5.32 Å². The molecule has 0 fully saturated rings. The number of ether oxygens (including phenoxy) is 1. The zero-order valence-electron chi connectivity index (χ0n) is 15.8. The summed E-state index contributed by atoms with van der Waals surface area (Å²) in [6.45, 7) is -0.0501. The van der Waals surface area contributed by atoms with Gasteiger partial charge in [-0.1, -0.05) is 53.5 Å². The minimum atomic E-state index is -0.147. The van der Waals surface area contributed by atoms with Crippen molar-refractivity contribution in [2.24, 2.45) is 4.99 Å². The van der Waals surface area contributed by atoms with Gasteiger partial charge in [0.15, 0.2) is 0 Å². The van der Waals surface area contributed by atoms with Crippen LogP contribution in [0.15, 0.2) is 71.7 Å². The maximum atomic E-state index is 9.55. The van der Waals surface area contributed by atoms with E-state index in [1.165, 1.54) is 0 Å². The molecule has 0 amide bonds. The molecule has 0 aromatic heterocycles. The molecular weight excluding hydrogens is 407 g/mol. The number of amidine groups is 1. The Morgan fingerprint density at radius 1 is 0.931 bits per heavy atom. The second kappa shape index (κ2) is 8.46. The number of rotatable bonds is 5. The first-order chi connectivity index (χ1) is 14.1. The number of hydrogen-bond donors (Lipinski definition) is 2. The molecule has 0 radical (unpaired) electrons. The Morgan fingerprint density at radius 3 is 2.14 bits per heavy atom. The molecule has 0 aliphatic carbocycles. The maximum Gasteiger partial charge on any atom is 0.133 e. The van der Waals surface area contributed by atoms with Gasteiger partial charge in [0.25, 0.3) is 0 Å². The van der Waals surface area contributed by atoms with Crippen LogP contribution in [-0.4, -0.2) is 18.1 Å². The lowest BCUT2D eigenvalue weighted by Crippen LogP contribution is -2.25. The summed E-state index contributed by atoms with van der Waals surface area (Å²) in [6.07, 6.45) is 0. The van der Waals surface area contributed by atoms with E-state index in [4.69, 9.17) is 32.9 Å². The number of aliphatic imine (C=N–C) groups is 1. The predicted molar refractivity (Wildman–Crippen MR) is 117 cm³/mol. The molecule has 4 rings (SSSR count). The summed E-state index contributed by atoms with van der Waals surface area (Å²) in [4.78, 5) is 4.99. The summed E-state index contributed by atoms with van der Waals surface area (Å²) in [5.74, 6) is 1.41. The van der Waals surface area contributed by atoms with Gasteiger partial charge in [0, 0.05) is 10.0 Å². The first-order valence-electron chi connectivity index (χ1n) is 9.22. The maximum absolute atomic E-state index is 9.55. The Labute approximate surface area is 179 Å². The van der Waals surface area contributed by atoms with Gasteiger partial charge >= 0.3 is 0 Å². The fraction of sp³-hybridized carbons (Fsp3) is 0.174. The fourth-order valence-electron chi connectivity index (χ4n) is 3.53. The van der Waals surface area contributed by atoms with Gasteiger partial charge in [-0.3, -0.25) is 4.99 Å². The molecule has 0 saturated carbocycles. The summed E-state index contributed by atoms with van der Waals surface area (Å²) in [6, 6.07) is 20.8. The number of aliphatic hydroxyl groups is 1. The van der Waals surface area contributed by atoms with Gasteiger partial charge in [0.2, 0.25) is 0 Å². The number of methoxy groups -OCH3 is 1. The summed E-state index contributed by atoms with van der Waals surface area (Å²) in [5, 5.41) is 14.5. The van der Waals surface area contributed by atoms with Crippen LogP contribution in [0.25, 0.3) is 0 Å². The molecule has 6 heteroatoms. The van der Waals surface area contributed by atoms with Crippen LogP contribution in [0.2, 0.25) is 10.0 Å². The lowest BCUT2D eigenvalue weighted by atomic mass is 9.95. The molecule has 1 heterocycles. The van der Waals surface area contributed by atoms with Gasteiger partial charge in [-0.25, -0.2) is 0 Å². The van der Waals surface area contributed by atoms with Gasteiger partial charge in [-0.15, -0.1) is 0 Å². The van der Waals surface area contributed by atoms with Crippen molar-refractivity contribution in [3.05, 3.63) is 99.0 Å². The molecule has 0 bridgehead atoms. The lowest BCUT2D eigenvalue weighted by molar-refractivity contribution is 0.281. The monoisotopic (exact) mass is 426 g/mol. The third-order valence-corrected chi connectivity index (χ3v) is 5.52. The normalized spacial score (nSPS) is 18.3. The highest BCUT2D eigenvalue weighted by Gasteiger charge is 2.32. The van der Waals surface area contributed by atoms with E-state index in [-0.39, 0.29) is 18.7 Å². The van der Waals surface area contributed by atoms with E-state index >= 15 is 0 Å². The summed E-state index contributed by atoms with van der Waals surface area (Å²) in [7, 11) is 1.63.